The third kappa shape index (κ3) is 4.88. The Hall–Kier alpha value is -0.230. The van der Waals surface area contributed by atoms with E-state index < -0.39 is 11.0 Å². The van der Waals surface area contributed by atoms with Crippen LogP contribution in [-0.4, -0.2) is 41.3 Å². The van der Waals surface area contributed by atoms with E-state index in [9.17, 15) is 4.79 Å². The van der Waals surface area contributed by atoms with Crippen LogP contribution in [0.2, 0.25) is 0 Å². The fraction of sp³-hybridized carbons (Fsp3) is 0.778. The van der Waals surface area contributed by atoms with E-state index in [0.29, 0.717) is 0 Å². The van der Waals surface area contributed by atoms with E-state index >= 15 is 0 Å². The first kappa shape index (κ1) is 14.8. The number of halogens is 1. The van der Waals surface area contributed by atoms with Crippen molar-refractivity contribution >= 4 is 41.9 Å². The maximum Gasteiger partial charge on any atom is 0.339 e. The third-order valence-electron chi connectivity index (χ3n) is 1.65. The van der Waals surface area contributed by atoms with Gasteiger partial charge >= 0.3 is 5.97 Å². The third-order valence-corrected chi connectivity index (χ3v) is 2.16. The van der Waals surface area contributed by atoms with E-state index in [2.05, 4.69) is 17.6 Å². The van der Waals surface area contributed by atoms with Crippen molar-refractivity contribution < 1.29 is 9.53 Å². The molecule has 15 heavy (non-hydrogen) atoms. The molecule has 0 bridgehead atoms. The number of thiol groups is 1. The fourth-order valence-corrected chi connectivity index (χ4v) is 1.30. The highest BCUT2D eigenvalue weighted by atomic mass is 79.9. The van der Waals surface area contributed by atoms with Gasteiger partial charge in [-0.25, -0.2) is 4.79 Å². The van der Waals surface area contributed by atoms with Crippen LogP contribution in [-0.2, 0) is 9.53 Å². The van der Waals surface area contributed by atoms with Crippen molar-refractivity contribution in [3.8, 4) is 0 Å². The molecule has 0 saturated carbocycles. The molecule has 0 N–H and O–H groups in total. The van der Waals surface area contributed by atoms with Crippen molar-refractivity contribution in [3.05, 3.63) is 0 Å². The monoisotopic (exact) mass is 296 g/mol. The topological polar surface area (TPSA) is 41.9 Å². The van der Waals surface area contributed by atoms with E-state index in [0.717, 1.165) is 13.1 Å². The lowest BCUT2D eigenvalue weighted by Gasteiger charge is -2.25. The number of hydrogen-bond donors (Lipinski definition) is 1. The van der Waals surface area contributed by atoms with Crippen LogP contribution in [0.5, 0.6) is 0 Å². The first-order chi connectivity index (χ1) is 6.40. The van der Waals surface area contributed by atoms with E-state index in [-0.39, 0.29) is 23.0 Å². The fourth-order valence-electron chi connectivity index (χ4n) is 1.07. The smallest absolute Gasteiger partial charge is 0.339 e. The molecule has 0 aliphatic carbocycles. The average molecular weight is 297 g/mol. The molecule has 4 nitrogen and oxygen atoms in total. The van der Waals surface area contributed by atoms with Crippen LogP contribution in [0.1, 0.15) is 20.8 Å². The van der Waals surface area contributed by atoms with E-state index in [4.69, 9.17) is 4.74 Å². The molecule has 88 valence electrons. The minimum absolute atomic E-state index is 0. The van der Waals surface area contributed by atoms with Crippen LogP contribution in [0.4, 0.5) is 0 Å². The van der Waals surface area contributed by atoms with Gasteiger partial charge in [0, 0.05) is 6.54 Å². The van der Waals surface area contributed by atoms with Crippen LogP contribution >= 0.6 is 29.6 Å². The number of rotatable bonds is 2. The Balaban J connectivity index is 0.00000196. The summed E-state index contributed by atoms with van der Waals surface area (Å²) in [5.74, 6) is -0.325. The Labute approximate surface area is 106 Å². The van der Waals surface area contributed by atoms with Gasteiger partial charge in [0.05, 0.1) is 12.9 Å². The molecule has 1 rings (SSSR count). The van der Waals surface area contributed by atoms with Crippen molar-refractivity contribution in [2.45, 2.75) is 31.7 Å². The highest BCUT2D eigenvalue weighted by Crippen LogP contribution is 2.13. The van der Waals surface area contributed by atoms with Gasteiger partial charge in [0.2, 0.25) is 0 Å². The molecule has 0 amide bonds. The molecule has 1 heterocycles. The van der Waals surface area contributed by atoms with Crippen LogP contribution in [0.25, 0.3) is 0 Å². The summed E-state index contributed by atoms with van der Waals surface area (Å²) in [5, 5.41) is -0.541. The first-order valence-electron chi connectivity index (χ1n) is 4.57. The summed E-state index contributed by atoms with van der Waals surface area (Å²) in [7, 11) is 0. The summed E-state index contributed by atoms with van der Waals surface area (Å²) >= 11 is 4.19. The Bertz CT molecular complexity index is 253. The molecular formula is C9H17BrN2O2S. The molecule has 1 atom stereocenters. The normalized spacial score (nSPS) is 17.2. The predicted octanol–water partition coefficient (Wildman–Crippen LogP) is 1.51. The van der Waals surface area contributed by atoms with Crippen molar-refractivity contribution in [2.24, 2.45) is 4.99 Å². The first-order valence-corrected chi connectivity index (χ1v) is 5.08. The van der Waals surface area contributed by atoms with Gasteiger partial charge in [0.1, 0.15) is 5.60 Å². The molecule has 0 spiro atoms. The van der Waals surface area contributed by atoms with Gasteiger partial charge in [-0.2, -0.15) is 0 Å². The molecule has 0 aromatic carbocycles. The quantitative estimate of drug-likeness (QED) is 0.620. The standard InChI is InChI=1S/C9H16N2O2S.BrH/c1-9(2,3)13-8(12)7(14)11-5-4-10-6-11;/h6-7,14H,4-5H2,1-3H3;1H. The Morgan fingerprint density at radius 2 is 2.20 bits per heavy atom. The number of nitrogens with zero attached hydrogens (tertiary/aromatic N) is 2. The molecule has 0 radical (unpaired) electrons. The van der Waals surface area contributed by atoms with Crippen LogP contribution in [0.15, 0.2) is 4.99 Å². The van der Waals surface area contributed by atoms with Crippen LogP contribution in [0, 0.1) is 0 Å². The lowest BCUT2D eigenvalue weighted by Crippen LogP contribution is -2.39. The van der Waals surface area contributed by atoms with Gasteiger partial charge in [-0.15, -0.1) is 29.6 Å². The van der Waals surface area contributed by atoms with Gasteiger partial charge in [0.25, 0.3) is 0 Å². The molecule has 1 aliphatic heterocycles. The molecule has 0 aromatic heterocycles. The zero-order valence-corrected chi connectivity index (χ0v) is 11.7. The number of aliphatic imine (C=N–C) groups is 1. The molecule has 0 saturated heterocycles. The number of esters is 1. The highest BCUT2D eigenvalue weighted by molar-refractivity contribution is 8.93. The molecule has 1 aliphatic rings. The highest BCUT2D eigenvalue weighted by Gasteiger charge is 2.27. The van der Waals surface area contributed by atoms with Crippen LogP contribution in [0.3, 0.4) is 0 Å². The zero-order valence-electron chi connectivity index (χ0n) is 9.14. The van der Waals surface area contributed by atoms with Crippen molar-refractivity contribution in [1.82, 2.24) is 4.90 Å². The molecule has 6 heteroatoms. The van der Waals surface area contributed by atoms with Gasteiger partial charge in [-0.05, 0) is 20.8 Å². The Morgan fingerprint density at radius 3 is 2.60 bits per heavy atom. The van der Waals surface area contributed by atoms with Gasteiger partial charge < -0.3 is 9.64 Å². The predicted molar refractivity (Wildman–Crippen MR) is 69.0 cm³/mol. The Kier molecular flexibility index (Phi) is 5.66. The lowest BCUT2D eigenvalue weighted by atomic mass is 10.2. The summed E-state index contributed by atoms with van der Waals surface area (Å²) in [4.78, 5) is 17.3. The summed E-state index contributed by atoms with van der Waals surface area (Å²) in [6.07, 6.45) is 1.64. The maximum atomic E-state index is 11.5. The van der Waals surface area contributed by atoms with Gasteiger partial charge in [0.15, 0.2) is 5.37 Å². The maximum absolute atomic E-state index is 11.5. The minimum atomic E-state index is -0.541. The van der Waals surface area contributed by atoms with Crippen molar-refractivity contribution in [1.29, 1.82) is 0 Å². The number of ether oxygens (including phenoxy) is 1. The largest absolute Gasteiger partial charge is 0.458 e. The summed E-state index contributed by atoms with van der Waals surface area (Å²) in [6, 6.07) is 0. The minimum Gasteiger partial charge on any atom is -0.458 e. The summed E-state index contributed by atoms with van der Waals surface area (Å²) < 4.78 is 5.19. The second kappa shape index (κ2) is 5.75. The molecule has 1 unspecified atom stereocenters. The van der Waals surface area contributed by atoms with Crippen molar-refractivity contribution in [2.75, 3.05) is 13.1 Å². The zero-order chi connectivity index (χ0) is 10.8. The SMILES string of the molecule is Br.CC(C)(C)OC(=O)C(S)N1C=NCC1. The average Bonchev–Trinajstić information content (AvgIpc) is 2.51. The summed E-state index contributed by atoms with van der Waals surface area (Å²) in [5.41, 5.74) is -0.463. The van der Waals surface area contributed by atoms with E-state index in [1.807, 2.05) is 20.8 Å². The second-order valence-electron chi connectivity index (χ2n) is 4.17. The summed E-state index contributed by atoms with van der Waals surface area (Å²) in [6.45, 7) is 6.96. The van der Waals surface area contributed by atoms with Crippen LogP contribution < -0.4 is 0 Å². The lowest BCUT2D eigenvalue weighted by molar-refractivity contribution is -0.156. The molecular weight excluding hydrogens is 280 g/mol. The number of carbonyl (C=O) groups excluding carboxylic acids is 1. The number of hydrogen-bond acceptors (Lipinski definition) is 5. The number of carbonyl (C=O) groups is 1. The van der Waals surface area contributed by atoms with E-state index in [1.165, 1.54) is 0 Å². The Morgan fingerprint density at radius 1 is 1.60 bits per heavy atom. The van der Waals surface area contributed by atoms with Gasteiger partial charge in [-0.3, -0.25) is 4.99 Å². The van der Waals surface area contributed by atoms with E-state index in [1.54, 1.807) is 11.2 Å². The van der Waals surface area contributed by atoms with Gasteiger partial charge in [-0.1, -0.05) is 0 Å². The van der Waals surface area contributed by atoms with Crippen molar-refractivity contribution in [3.63, 3.8) is 0 Å². The molecule has 0 fully saturated rings. The molecule has 0 aromatic rings. The second-order valence-corrected chi connectivity index (χ2v) is 4.66.